The number of aliphatic hydroxyl groups is 1. The average molecular weight is 263 g/mol. The number of aryl methyl sites for hydroxylation is 1. The molecule has 2 atom stereocenters. The predicted octanol–water partition coefficient (Wildman–Crippen LogP) is 1.89. The van der Waals surface area contributed by atoms with Crippen LogP contribution < -0.4 is 0 Å². The smallest absolute Gasteiger partial charge is 0.0711 e. The van der Waals surface area contributed by atoms with Crippen LogP contribution in [0.25, 0.3) is 0 Å². The van der Waals surface area contributed by atoms with Crippen molar-refractivity contribution in [2.45, 2.75) is 57.6 Å². The second kappa shape index (κ2) is 5.63. The molecule has 106 valence electrons. The largest absolute Gasteiger partial charge is 0.391 e. The zero-order valence-electron chi connectivity index (χ0n) is 11.8. The number of hydrogen-bond acceptors (Lipinski definition) is 3. The highest BCUT2D eigenvalue weighted by atomic mass is 16.3. The summed E-state index contributed by atoms with van der Waals surface area (Å²) in [6, 6.07) is 2.81. The first-order valence-electron chi connectivity index (χ1n) is 7.65. The summed E-state index contributed by atoms with van der Waals surface area (Å²) in [5.41, 5.74) is 2.19. The van der Waals surface area contributed by atoms with Crippen molar-refractivity contribution in [3.05, 3.63) is 17.5 Å². The number of nitrogens with one attached hydrogen (secondary N) is 1. The quantitative estimate of drug-likeness (QED) is 0.875. The van der Waals surface area contributed by atoms with E-state index in [0.29, 0.717) is 12.0 Å². The normalized spacial score (nSPS) is 30.0. The van der Waals surface area contributed by atoms with Crippen LogP contribution >= 0.6 is 0 Å². The molecule has 1 aromatic rings. The first kappa shape index (κ1) is 13.1. The fraction of sp³-hybridized carbons (Fsp3) is 0.800. The maximum absolute atomic E-state index is 10.3. The van der Waals surface area contributed by atoms with Crippen LogP contribution in [-0.4, -0.2) is 45.4 Å². The molecule has 0 spiro atoms. The van der Waals surface area contributed by atoms with Crippen molar-refractivity contribution in [2.75, 3.05) is 13.1 Å². The van der Waals surface area contributed by atoms with E-state index in [9.17, 15) is 5.11 Å². The number of likely N-dealkylation sites (tertiary alicyclic amines) is 1. The van der Waals surface area contributed by atoms with Crippen molar-refractivity contribution in [1.29, 1.82) is 0 Å². The van der Waals surface area contributed by atoms with Crippen LogP contribution in [0.15, 0.2) is 6.07 Å². The standard InChI is InChI=1S/C15H25N3O/c1-11-7-13(17-16-11)8-12-9-18(10-15(12)19)14-5-3-2-4-6-14/h7,12,14-15,19H,2-6,8-10H2,1H3,(H,16,17)/t12-,15+/m1/s1. The number of β-amino-alcohol motifs (C(OH)–C–C–N with tert-alkyl or cyclic N) is 1. The van der Waals surface area contributed by atoms with Gasteiger partial charge in [-0.15, -0.1) is 0 Å². The van der Waals surface area contributed by atoms with Crippen molar-refractivity contribution in [1.82, 2.24) is 15.1 Å². The third-order valence-electron chi connectivity index (χ3n) is 4.76. The predicted molar refractivity (Wildman–Crippen MR) is 75.0 cm³/mol. The van der Waals surface area contributed by atoms with Crippen LogP contribution in [0.3, 0.4) is 0 Å². The average Bonchev–Trinajstić information content (AvgIpc) is 2.98. The molecule has 2 aliphatic rings. The molecule has 0 amide bonds. The fourth-order valence-corrected chi connectivity index (χ4v) is 3.68. The number of aliphatic hydroxyl groups excluding tert-OH is 1. The molecule has 1 saturated carbocycles. The maximum atomic E-state index is 10.3. The highest BCUT2D eigenvalue weighted by Gasteiger charge is 2.35. The van der Waals surface area contributed by atoms with Crippen molar-refractivity contribution >= 4 is 0 Å². The highest BCUT2D eigenvalue weighted by Crippen LogP contribution is 2.29. The van der Waals surface area contributed by atoms with E-state index in [0.717, 1.165) is 30.9 Å². The SMILES string of the molecule is Cc1cc(C[C@@H]2CN(C3CCCCC3)C[C@@H]2O)n[nH]1. The number of aromatic nitrogens is 2. The summed E-state index contributed by atoms with van der Waals surface area (Å²) in [7, 11) is 0. The molecule has 2 fully saturated rings. The third kappa shape index (κ3) is 3.00. The highest BCUT2D eigenvalue weighted by molar-refractivity contribution is 5.08. The monoisotopic (exact) mass is 263 g/mol. The van der Waals surface area contributed by atoms with Crippen LogP contribution in [0.4, 0.5) is 0 Å². The lowest BCUT2D eigenvalue weighted by Crippen LogP contribution is -2.35. The van der Waals surface area contributed by atoms with E-state index in [1.807, 2.05) is 6.92 Å². The van der Waals surface area contributed by atoms with Gasteiger partial charge in [0.2, 0.25) is 0 Å². The lowest BCUT2D eigenvalue weighted by molar-refractivity contribution is 0.129. The summed E-state index contributed by atoms with van der Waals surface area (Å²) in [5, 5.41) is 17.6. The Balaban J connectivity index is 1.58. The lowest BCUT2D eigenvalue weighted by atomic mass is 9.94. The minimum absolute atomic E-state index is 0.182. The van der Waals surface area contributed by atoms with E-state index in [1.165, 1.54) is 32.1 Å². The molecule has 2 N–H and O–H groups in total. The molecular weight excluding hydrogens is 238 g/mol. The minimum Gasteiger partial charge on any atom is -0.391 e. The summed E-state index contributed by atoms with van der Waals surface area (Å²) in [5.74, 6) is 0.352. The number of hydrogen-bond donors (Lipinski definition) is 2. The Morgan fingerprint density at radius 3 is 2.79 bits per heavy atom. The van der Waals surface area contributed by atoms with Gasteiger partial charge in [0.1, 0.15) is 0 Å². The summed E-state index contributed by atoms with van der Waals surface area (Å²) < 4.78 is 0. The Kier molecular flexibility index (Phi) is 3.89. The zero-order chi connectivity index (χ0) is 13.2. The molecule has 1 saturated heterocycles. The minimum atomic E-state index is -0.182. The molecule has 19 heavy (non-hydrogen) atoms. The van der Waals surface area contributed by atoms with Gasteiger partial charge in [0.25, 0.3) is 0 Å². The van der Waals surface area contributed by atoms with Crippen LogP contribution in [0.5, 0.6) is 0 Å². The maximum Gasteiger partial charge on any atom is 0.0711 e. The second-order valence-corrected chi connectivity index (χ2v) is 6.32. The molecule has 3 rings (SSSR count). The van der Waals surface area contributed by atoms with Gasteiger partial charge in [-0.3, -0.25) is 10.00 Å². The molecule has 0 aromatic carbocycles. The van der Waals surface area contributed by atoms with Crippen LogP contribution in [-0.2, 0) is 6.42 Å². The van der Waals surface area contributed by atoms with E-state index < -0.39 is 0 Å². The van der Waals surface area contributed by atoms with Crippen LogP contribution in [0.2, 0.25) is 0 Å². The van der Waals surface area contributed by atoms with Gasteiger partial charge in [-0.25, -0.2) is 0 Å². The molecule has 1 aliphatic carbocycles. The number of rotatable bonds is 3. The van der Waals surface area contributed by atoms with E-state index in [4.69, 9.17) is 0 Å². The van der Waals surface area contributed by atoms with Gasteiger partial charge in [-0.2, -0.15) is 5.10 Å². The molecule has 2 heterocycles. The summed E-state index contributed by atoms with van der Waals surface area (Å²) in [4.78, 5) is 2.52. The molecule has 4 nitrogen and oxygen atoms in total. The van der Waals surface area contributed by atoms with Crippen molar-refractivity contribution in [2.24, 2.45) is 5.92 Å². The molecule has 1 aliphatic heterocycles. The van der Waals surface area contributed by atoms with Crippen molar-refractivity contribution in [3.8, 4) is 0 Å². The van der Waals surface area contributed by atoms with Gasteiger partial charge in [0, 0.05) is 30.7 Å². The second-order valence-electron chi connectivity index (χ2n) is 6.32. The van der Waals surface area contributed by atoms with Gasteiger partial charge >= 0.3 is 0 Å². The van der Waals surface area contributed by atoms with Crippen molar-refractivity contribution in [3.63, 3.8) is 0 Å². The molecule has 1 aromatic heterocycles. The number of H-pyrrole nitrogens is 1. The molecule has 0 bridgehead atoms. The van der Waals surface area contributed by atoms with E-state index in [1.54, 1.807) is 0 Å². The third-order valence-corrected chi connectivity index (χ3v) is 4.76. The topological polar surface area (TPSA) is 52.1 Å². The summed E-state index contributed by atoms with van der Waals surface area (Å²) in [6.07, 6.45) is 7.47. The van der Waals surface area contributed by atoms with Crippen LogP contribution in [0, 0.1) is 12.8 Å². The van der Waals surface area contributed by atoms with E-state index >= 15 is 0 Å². The molecule has 0 radical (unpaired) electrons. The molecule has 4 heteroatoms. The Hall–Kier alpha value is -0.870. The zero-order valence-corrected chi connectivity index (χ0v) is 11.8. The molecule has 0 unspecified atom stereocenters. The first-order chi connectivity index (χ1) is 9.22. The van der Waals surface area contributed by atoms with Crippen LogP contribution in [0.1, 0.15) is 43.5 Å². The first-order valence-corrected chi connectivity index (χ1v) is 7.65. The summed E-state index contributed by atoms with van der Waals surface area (Å²) in [6.45, 7) is 3.92. The lowest BCUT2D eigenvalue weighted by Gasteiger charge is -2.30. The Labute approximate surface area is 115 Å². The van der Waals surface area contributed by atoms with Crippen molar-refractivity contribution < 1.29 is 5.11 Å². The van der Waals surface area contributed by atoms with Gasteiger partial charge in [0.05, 0.1) is 11.8 Å². The van der Waals surface area contributed by atoms with E-state index in [-0.39, 0.29) is 6.10 Å². The molecular formula is C15H25N3O. The van der Waals surface area contributed by atoms with Gasteiger partial charge in [-0.1, -0.05) is 19.3 Å². The van der Waals surface area contributed by atoms with Gasteiger partial charge in [0.15, 0.2) is 0 Å². The Morgan fingerprint density at radius 1 is 1.32 bits per heavy atom. The number of nitrogens with zero attached hydrogens (tertiary/aromatic N) is 2. The summed E-state index contributed by atoms with van der Waals surface area (Å²) >= 11 is 0. The van der Waals surface area contributed by atoms with E-state index in [2.05, 4.69) is 21.2 Å². The van der Waals surface area contributed by atoms with Gasteiger partial charge in [-0.05, 0) is 32.3 Å². The Bertz CT molecular complexity index is 411. The Morgan fingerprint density at radius 2 is 2.11 bits per heavy atom. The fourth-order valence-electron chi connectivity index (χ4n) is 3.68. The van der Waals surface area contributed by atoms with Gasteiger partial charge < -0.3 is 5.11 Å². The number of aromatic amines is 1.